The van der Waals surface area contributed by atoms with E-state index in [1.54, 1.807) is 6.20 Å². The molecule has 0 aliphatic heterocycles. The van der Waals surface area contributed by atoms with Gasteiger partial charge in [0, 0.05) is 42.7 Å². The van der Waals surface area contributed by atoms with E-state index in [0.717, 1.165) is 23.1 Å². The van der Waals surface area contributed by atoms with Gasteiger partial charge in [-0.3, -0.25) is 0 Å². The number of thioether (sulfide) groups is 1. The highest BCUT2D eigenvalue weighted by Gasteiger charge is 2.27. The number of hydrogen-bond acceptors (Lipinski definition) is 3. The third-order valence-corrected chi connectivity index (χ3v) is 4.19. The van der Waals surface area contributed by atoms with Gasteiger partial charge in [-0.1, -0.05) is 0 Å². The molecule has 0 aromatic carbocycles. The molecule has 1 saturated carbocycles. The van der Waals surface area contributed by atoms with Crippen molar-refractivity contribution < 1.29 is 13.2 Å². The zero-order valence-corrected chi connectivity index (χ0v) is 12.2. The van der Waals surface area contributed by atoms with Gasteiger partial charge in [-0.05, 0) is 42.3 Å². The standard InChI is InChI=1S/C14H16F3N3S/c15-14(16,17)21-7-6-20-9-10(8-19-11-3-4-11)12-2-1-5-18-13(12)20/h1-2,5,9,11,19H,3-4,6-8H2. The number of nitrogens with one attached hydrogen (secondary N) is 1. The molecule has 1 aliphatic carbocycles. The first kappa shape index (κ1) is 14.7. The van der Waals surface area contributed by atoms with E-state index >= 15 is 0 Å². The van der Waals surface area contributed by atoms with Crippen LogP contribution in [0.1, 0.15) is 18.4 Å². The average molecular weight is 315 g/mol. The van der Waals surface area contributed by atoms with Gasteiger partial charge in [0.2, 0.25) is 0 Å². The van der Waals surface area contributed by atoms with Gasteiger partial charge in [0.25, 0.3) is 0 Å². The zero-order valence-electron chi connectivity index (χ0n) is 11.4. The summed E-state index contributed by atoms with van der Waals surface area (Å²) < 4.78 is 38.5. The van der Waals surface area contributed by atoms with Crippen LogP contribution in [0.3, 0.4) is 0 Å². The van der Waals surface area contributed by atoms with Crippen LogP contribution in [-0.4, -0.2) is 26.9 Å². The SMILES string of the molecule is FC(F)(F)SCCn1cc(CNC2CC2)c2cccnc21. The van der Waals surface area contributed by atoms with Crippen molar-refractivity contribution in [3.8, 4) is 0 Å². The predicted molar refractivity (Wildman–Crippen MR) is 78.1 cm³/mol. The second-order valence-electron chi connectivity index (χ2n) is 5.17. The van der Waals surface area contributed by atoms with Gasteiger partial charge in [0.15, 0.2) is 0 Å². The van der Waals surface area contributed by atoms with Crippen molar-refractivity contribution in [1.82, 2.24) is 14.9 Å². The van der Waals surface area contributed by atoms with Crippen LogP contribution in [0, 0.1) is 0 Å². The van der Waals surface area contributed by atoms with Crippen LogP contribution in [0.5, 0.6) is 0 Å². The van der Waals surface area contributed by atoms with Gasteiger partial charge in [-0.25, -0.2) is 4.98 Å². The van der Waals surface area contributed by atoms with E-state index in [0.29, 0.717) is 12.6 Å². The molecule has 3 rings (SSSR count). The minimum Gasteiger partial charge on any atom is -0.331 e. The van der Waals surface area contributed by atoms with Gasteiger partial charge in [0.1, 0.15) is 5.65 Å². The summed E-state index contributed by atoms with van der Waals surface area (Å²) in [5.74, 6) is -0.000647. The summed E-state index contributed by atoms with van der Waals surface area (Å²) in [6.45, 7) is 1.05. The fourth-order valence-corrected chi connectivity index (χ4v) is 2.83. The fourth-order valence-electron chi connectivity index (χ4n) is 2.31. The number of alkyl halides is 3. The highest BCUT2D eigenvalue weighted by molar-refractivity contribution is 8.00. The van der Waals surface area contributed by atoms with Gasteiger partial charge < -0.3 is 9.88 Å². The molecule has 0 saturated heterocycles. The maximum atomic E-state index is 12.2. The third kappa shape index (κ3) is 3.91. The highest BCUT2D eigenvalue weighted by atomic mass is 32.2. The Balaban J connectivity index is 1.74. The normalized spacial score (nSPS) is 15.8. The number of pyridine rings is 1. The van der Waals surface area contributed by atoms with E-state index in [1.807, 2.05) is 22.9 Å². The van der Waals surface area contributed by atoms with Gasteiger partial charge in [-0.2, -0.15) is 13.2 Å². The molecule has 2 heterocycles. The monoisotopic (exact) mass is 315 g/mol. The third-order valence-electron chi connectivity index (χ3n) is 3.47. The van der Waals surface area contributed by atoms with E-state index in [9.17, 15) is 13.2 Å². The van der Waals surface area contributed by atoms with Crippen molar-refractivity contribution in [3.63, 3.8) is 0 Å². The number of fused-ring (bicyclic) bond motifs is 1. The number of hydrogen-bond donors (Lipinski definition) is 1. The molecule has 3 nitrogen and oxygen atoms in total. The van der Waals surface area contributed by atoms with Crippen molar-refractivity contribution in [3.05, 3.63) is 30.1 Å². The first-order chi connectivity index (χ1) is 10.0. The second kappa shape index (κ2) is 5.88. The van der Waals surface area contributed by atoms with E-state index in [2.05, 4.69) is 10.3 Å². The van der Waals surface area contributed by atoms with E-state index in [4.69, 9.17) is 0 Å². The Morgan fingerprint density at radius 2 is 2.19 bits per heavy atom. The van der Waals surface area contributed by atoms with E-state index < -0.39 is 5.51 Å². The van der Waals surface area contributed by atoms with Crippen LogP contribution in [0.4, 0.5) is 13.2 Å². The number of halogens is 3. The van der Waals surface area contributed by atoms with Crippen molar-refractivity contribution in [2.45, 2.75) is 37.5 Å². The van der Waals surface area contributed by atoms with Crippen LogP contribution in [-0.2, 0) is 13.1 Å². The molecule has 2 aromatic heterocycles. The Bertz CT molecular complexity index is 619. The molecular weight excluding hydrogens is 299 g/mol. The van der Waals surface area contributed by atoms with Crippen LogP contribution in [0.2, 0.25) is 0 Å². The number of aryl methyl sites for hydroxylation is 1. The fraction of sp³-hybridized carbons (Fsp3) is 0.500. The number of rotatable bonds is 6. The number of aromatic nitrogens is 2. The lowest BCUT2D eigenvalue weighted by Gasteiger charge is -2.06. The molecule has 1 aliphatic rings. The quantitative estimate of drug-likeness (QED) is 0.884. The summed E-state index contributed by atoms with van der Waals surface area (Å²) in [4.78, 5) is 4.30. The van der Waals surface area contributed by atoms with Crippen LogP contribution in [0.25, 0.3) is 11.0 Å². The minimum atomic E-state index is -4.17. The molecule has 0 spiro atoms. The first-order valence-electron chi connectivity index (χ1n) is 6.90. The molecule has 0 radical (unpaired) electrons. The Morgan fingerprint density at radius 3 is 2.90 bits per heavy atom. The summed E-state index contributed by atoms with van der Waals surface area (Å²) in [5.41, 5.74) is -2.32. The van der Waals surface area contributed by atoms with Gasteiger partial charge in [0.05, 0.1) is 0 Å². The Labute approximate surface area is 124 Å². The maximum Gasteiger partial charge on any atom is 0.441 e. The molecule has 1 N–H and O–H groups in total. The maximum absolute atomic E-state index is 12.2. The smallest absolute Gasteiger partial charge is 0.331 e. The van der Waals surface area contributed by atoms with Crippen LogP contribution >= 0.6 is 11.8 Å². The second-order valence-corrected chi connectivity index (χ2v) is 6.33. The number of nitrogens with zero attached hydrogens (tertiary/aromatic N) is 2. The summed E-state index contributed by atoms with van der Waals surface area (Å²) in [7, 11) is 0. The zero-order chi connectivity index (χ0) is 14.9. The molecule has 7 heteroatoms. The molecular formula is C14H16F3N3S. The Hall–Kier alpha value is -1.21. The molecule has 0 amide bonds. The topological polar surface area (TPSA) is 29.9 Å². The predicted octanol–water partition coefficient (Wildman–Crippen LogP) is 3.54. The van der Waals surface area contributed by atoms with Gasteiger partial charge in [-0.15, -0.1) is 0 Å². The molecule has 0 unspecified atom stereocenters. The molecule has 21 heavy (non-hydrogen) atoms. The molecule has 114 valence electrons. The summed E-state index contributed by atoms with van der Waals surface area (Å²) in [6, 6.07) is 4.43. The molecule has 1 fully saturated rings. The summed E-state index contributed by atoms with van der Waals surface area (Å²) >= 11 is 0.0102. The molecule has 2 aromatic rings. The van der Waals surface area contributed by atoms with Crippen LogP contribution in [0.15, 0.2) is 24.5 Å². The first-order valence-corrected chi connectivity index (χ1v) is 7.88. The van der Waals surface area contributed by atoms with E-state index in [1.165, 1.54) is 12.8 Å². The lowest BCUT2D eigenvalue weighted by Crippen LogP contribution is -2.15. The largest absolute Gasteiger partial charge is 0.441 e. The molecule has 0 bridgehead atoms. The van der Waals surface area contributed by atoms with Crippen molar-refractivity contribution in [2.24, 2.45) is 0 Å². The minimum absolute atomic E-state index is 0.000647. The van der Waals surface area contributed by atoms with Crippen molar-refractivity contribution in [1.29, 1.82) is 0 Å². The Morgan fingerprint density at radius 1 is 1.38 bits per heavy atom. The average Bonchev–Trinajstić information content (AvgIpc) is 3.19. The lowest BCUT2D eigenvalue weighted by atomic mass is 10.2. The Kier molecular flexibility index (Phi) is 4.12. The van der Waals surface area contributed by atoms with Crippen molar-refractivity contribution >= 4 is 22.8 Å². The van der Waals surface area contributed by atoms with E-state index in [-0.39, 0.29) is 17.5 Å². The molecule has 0 atom stereocenters. The van der Waals surface area contributed by atoms with Crippen LogP contribution < -0.4 is 5.32 Å². The lowest BCUT2D eigenvalue weighted by molar-refractivity contribution is -0.0328. The summed E-state index contributed by atoms with van der Waals surface area (Å²) in [5, 5.41) is 4.45. The van der Waals surface area contributed by atoms with Gasteiger partial charge >= 0.3 is 5.51 Å². The highest BCUT2D eigenvalue weighted by Crippen LogP contribution is 2.30. The summed E-state index contributed by atoms with van der Waals surface area (Å²) in [6.07, 6.45) is 6.01. The van der Waals surface area contributed by atoms with Crippen molar-refractivity contribution in [2.75, 3.05) is 5.75 Å².